The van der Waals surface area contributed by atoms with Crippen LogP contribution >= 0.6 is 0 Å². The summed E-state index contributed by atoms with van der Waals surface area (Å²) in [5, 5.41) is 0. The number of pyridine rings is 2. The minimum atomic E-state index is -0.541. The van der Waals surface area contributed by atoms with Crippen molar-refractivity contribution in [3.63, 3.8) is 0 Å². The van der Waals surface area contributed by atoms with Gasteiger partial charge in [-0.1, -0.05) is 6.07 Å². The van der Waals surface area contributed by atoms with E-state index >= 15 is 0 Å². The van der Waals surface area contributed by atoms with E-state index < -0.39 is 11.6 Å². The molecule has 2 aromatic heterocycles. The molecule has 3 aromatic rings. The van der Waals surface area contributed by atoms with Crippen molar-refractivity contribution in [1.29, 1.82) is 0 Å². The Balaban J connectivity index is 1.76. The molecule has 24 heavy (non-hydrogen) atoms. The van der Waals surface area contributed by atoms with Crippen LogP contribution in [0.15, 0.2) is 54.7 Å². The Morgan fingerprint density at radius 3 is 2.62 bits per heavy atom. The summed E-state index contributed by atoms with van der Waals surface area (Å²) in [4.78, 5) is 8.30. The van der Waals surface area contributed by atoms with Gasteiger partial charge in [0.15, 0.2) is 0 Å². The predicted octanol–water partition coefficient (Wildman–Crippen LogP) is 4.01. The van der Waals surface area contributed by atoms with Crippen molar-refractivity contribution in [2.75, 3.05) is 7.11 Å². The highest BCUT2D eigenvalue weighted by Gasteiger charge is 2.09. The third kappa shape index (κ3) is 3.65. The van der Waals surface area contributed by atoms with Crippen LogP contribution < -0.4 is 9.47 Å². The van der Waals surface area contributed by atoms with E-state index in [-0.39, 0.29) is 12.2 Å². The molecule has 0 N–H and O–H groups in total. The smallest absolute Gasteiger partial charge is 0.214 e. The number of methoxy groups -OCH3 is 1. The van der Waals surface area contributed by atoms with E-state index in [4.69, 9.17) is 9.47 Å². The van der Waals surface area contributed by atoms with Gasteiger partial charge in [0.25, 0.3) is 0 Å². The van der Waals surface area contributed by atoms with Gasteiger partial charge >= 0.3 is 0 Å². The number of rotatable bonds is 5. The number of halogens is 2. The van der Waals surface area contributed by atoms with Crippen LogP contribution in [0.5, 0.6) is 11.8 Å². The fourth-order valence-corrected chi connectivity index (χ4v) is 2.11. The summed E-state index contributed by atoms with van der Waals surface area (Å²) in [6.45, 7) is 0.249. The molecule has 0 saturated carbocycles. The zero-order valence-electron chi connectivity index (χ0n) is 12.9. The van der Waals surface area contributed by atoms with Crippen LogP contribution in [0.25, 0.3) is 11.3 Å². The minimum absolute atomic E-state index is 0.0894. The van der Waals surface area contributed by atoms with Crippen molar-refractivity contribution in [3.05, 3.63) is 71.9 Å². The molecule has 0 spiro atoms. The van der Waals surface area contributed by atoms with Gasteiger partial charge in [0.2, 0.25) is 11.8 Å². The van der Waals surface area contributed by atoms with Crippen molar-refractivity contribution in [2.45, 2.75) is 6.61 Å². The minimum Gasteiger partial charge on any atom is -0.481 e. The number of hydrogen-bond donors (Lipinski definition) is 0. The maximum atomic E-state index is 13.8. The normalized spacial score (nSPS) is 10.5. The van der Waals surface area contributed by atoms with Gasteiger partial charge in [-0.3, -0.25) is 0 Å². The third-order valence-corrected chi connectivity index (χ3v) is 3.32. The van der Waals surface area contributed by atoms with Gasteiger partial charge < -0.3 is 9.47 Å². The van der Waals surface area contributed by atoms with Crippen molar-refractivity contribution < 1.29 is 18.3 Å². The SMILES string of the molecule is COc1ccc(COc2cccc(-c3cc(F)ccc3F)n2)cn1. The van der Waals surface area contributed by atoms with E-state index in [0.29, 0.717) is 17.5 Å². The molecule has 0 atom stereocenters. The molecule has 0 amide bonds. The molecule has 3 rings (SSSR count). The molecular formula is C18H14F2N2O2. The van der Waals surface area contributed by atoms with Gasteiger partial charge in [0.1, 0.15) is 18.2 Å². The Morgan fingerprint density at radius 1 is 1.00 bits per heavy atom. The molecule has 1 aromatic carbocycles. The van der Waals surface area contributed by atoms with E-state index in [1.807, 2.05) is 6.07 Å². The summed E-state index contributed by atoms with van der Waals surface area (Å²) in [7, 11) is 1.54. The number of aromatic nitrogens is 2. The lowest BCUT2D eigenvalue weighted by atomic mass is 10.1. The van der Waals surface area contributed by atoms with Crippen LogP contribution in [0.3, 0.4) is 0 Å². The molecule has 122 valence electrons. The Morgan fingerprint density at radius 2 is 1.88 bits per heavy atom. The molecule has 0 saturated heterocycles. The molecular weight excluding hydrogens is 314 g/mol. The van der Waals surface area contributed by atoms with E-state index in [1.54, 1.807) is 37.6 Å². The highest BCUT2D eigenvalue weighted by atomic mass is 19.1. The second-order valence-corrected chi connectivity index (χ2v) is 4.98. The summed E-state index contributed by atoms with van der Waals surface area (Å²) >= 11 is 0. The Labute approximate surface area is 137 Å². The molecule has 6 heteroatoms. The molecule has 0 bridgehead atoms. The first kappa shape index (κ1) is 15.9. The first-order valence-corrected chi connectivity index (χ1v) is 7.20. The van der Waals surface area contributed by atoms with E-state index in [9.17, 15) is 8.78 Å². The van der Waals surface area contributed by atoms with Crippen LogP contribution in [0.4, 0.5) is 8.78 Å². The topological polar surface area (TPSA) is 44.2 Å². The zero-order valence-corrected chi connectivity index (χ0v) is 12.9. The lowest BCUT2D eigenvalue weighted by Crippen LogP contribution is -1.99. The van der Waals surface area contributed by atoms with Crippen LogP contribution in [-0.4, -0.2) is 17.1 Å². The second-order valence-electron chi connectivity index (χ2n) is 4.98. The van der Waals surface area contributed by atoms with E-state index in [0.717, 1.165) is 23.8 Å². The molecule has 0 fully saturated rings. The van der Waals surface area contributed by atoms with Gasteiger partial charge in [-0.2, -0.15) is 0 Å². The highest BCUT2D eigenvalue weighted by Crippen LogP contribution is 2.24. The number of benzene rings is 1. The monoisotopic (exact) mass is 328 g/mol. The Bertz CT molecular complexity index is 839. The maximum Gasteiger partial charge on any atom is 0.214 e. The third-order valence-electron chi connectivity index (χ3n) is 3.32. The predicted molar refractivity (Wildman–Crippen MR) is 84.7 cm³/mol. The van der Waals surface area contributed by atoms with Gasteiger partial charge in [0, 0.05) is 29.5 Å². The molecule has 0 unspecified atom stereocenters. The fraction of sp³-hybridized carbons (Fsp3) is 0.111. The average molecular weight is 328 g/mol. The molecule has 4 nitrogen and oxygen atoms in total. The van der Waals surface area contributed by atoms with Crippen LogP contribution in [0, 0.1) is 11.6 Å². The lowest BCUT2D eigenvalue weighted by Gasteiger charge is -2.08. The molecule has 2 heterocycles. The maximum absolute atomic E-state index is 13.8. The van der Waals surface area contributed by atoms with Crippen molar-refractivity contribution in [2.24, 2.45) is 0 Å². The van der Waals surface area contributed by atoms with E-state index in [1.165, 1.54) is 0 Å². The second kappa shape index (κ2) is 7.04. The van der Waals surface area contributed by atoms with Crippen LogP contribution in [-0.2, 0) is 6.61 Å². The summed E-state index contributed by atoms with van der Waals surface area (Å²) in [6, 6.07) is 11.7. The van der Waals surface area contributed by atoms with Gasteiger partial charge in [-0.25, -0.2) is 18.7 Å². The number of ether oxygens (including phenoxy) is 2. The van der Waals surface area contributed by atoms with Gasteiger partial charge in [-0.05, 0) is 30.3 Å². The zero-order chi connectivity index (χ0) is 16.9. The Hall–Kier alpha value is -3.02. The summed E-state index contributed by atoms with van der Waals surface area (Å²) in [5.41, 5.74) is 1.23. The number of nitrogens with zero attached hydrogens (tertiary/aromatic N) is 2. The molecule has 0 aliphatic heterocycles. The van der Waals surface area contributed by atoms with Crippen molar-refractivity contribution in [1.82, 2.24) is 9.97 Å². The van der Waals surface area contributed by atoms with Crippen molar-refractivity contribution >= 4 is 0 Å². The fourth-order valence-electron chi connectivity index (χ4n) is 2.11. The quantitative estimate of drug-likeness (QED) is 0.710. The lowest BCUT2D eigenvalue weighted by molar-refractivity contribution is 0.293. The van der Waals surface area contributed by atoms with Gasteiger partial charge in [0.05, 0.1) is 12.8 Å². The average Bonchev–Trinajstić information content (AvgIpc) is 2.62. The molecule has 0 radical (unpaired) electrons. The van der Waals surface area contributed by atoms with Crippen LogP contribution in [0.2, 0.25) is 0 Å². The van der Waals surface area contributed by atoms with Gasteiger partial charge in [-0.15, -0.1) is 0 Å². The van der Waals surface area contributed by atoms with Crippen LogP contribution in [0.1, 0.15) is 5.56 Å². The summed E-state index contributed by atoms with van der Waals surface area (Å²) in [5.74, 6) is -0.239. The summed E-state index contributed by atoms with van der Waals surface area (Å²) < 4.78 is 37.7. The number of hydrogen-bond acceptors (Lipinski definition) is 4. The summed E-state index contributed by atoms with van der Waals surface area (Å²) in [6.07, 6.45) is 1.63. The largest absolute Gasteiger partial charge is 0.481 e. The first-order valence-electron chi connectivity index (χ1n) is 7.20. The molecule has 0 aliphatic rings. The standard InChI is InChI=1S/C18H14F2N2O2/c1-23-17-8-5-12(10-21-17)11-24-18-4-2-3-16(22-18)14-9-13(19)6-7-15(14)20/h2-10H,11H2,1H3. The highest BCUT2D eigenvalue weighted by molar-refractivity contribution is 5.60. The molecule has 0 aliphatic carbocycles. The van der Waals surface area contributed by atoms with E-state index in [2.05, 4.69) is 9.97 Å². The first-order chi connectivity index (χ1) is 11.7. The Kier molecular flexibility index (Phi) is 4.65. The van der Waals surface area contributed by atoms with Crippen molar-refractivity contribution in [3.8, 4) is 23.0 Å².